The molecule has 0 bridgehead atoms. The third kappa shape index (κ3) is 7.06. The van der Waals surface area contributed by atoms with Crippen LogP contribution in [0.15, 0.2) is 4.99 Å². The van der Waals surface area contributed by atoms with E-state index in [1.54, 1.807) is 0 Å². The van der Waals surface area contributed by atoms with Crippen LogP contribution in [0, 0.1) is 0 Å². The Bertz CT molecular complexity index is 115. The van der Waals surface area contributed by atoms with E-state index >= 15 is 0 Å². The minimum absolute atomic E-state index is 0.336. The lowest BCUT2D eigenvalue weighted by Gasteiger charge is -1.99. The van der Waals surface area contributed by atoms with Gasteiger partial charge >= 0.3 is 5.97 Å². The van der Waals surface area contributed by atoms with Crippen LogP contribution >= 0.6 is 0 Å². The number of hydrogen-bond acceptors (Lipinski definition) is 4. The van der Waals surface area contributed by atoms with E-state index < -0.39 is 5.97 Å². The summed E-state index contributed by atoms with van der Waals surface area (Å²) in [6.07, 6.45) is 0. The summed E-state index contributed by atoms with van der Waals surface area (Å²) in [5.41, 5.74) is 2.40. The van der Waals surface area contributed by atoms with Gasteiger partial charge in [-0.1, -0.05) is 0 Å². The van der Waals surface area contributed by atoms with Crippen LogP contribution in [-0.4, -0.2) is 37.5 Å². The fourth-order valence-corrected chi connectivity index (χ4v) is 0.310. The number of nitrogens with zero attached hydrogens (tertiary/aromatic N) is 1. The fraction of sp³-hybridized carbons (Fsp3) is 0.600. The molecule has 0 aromatic heterocycles. The normalized spacial score (nSPS) is 9.20. The summed E-state index contributed by atoms with van der Waals surface area (Å²) in [6.45, 7) is 3.89. The standard InChI is InChI=1S/C5H10N2O3/c1-6-2-3-7-10-4-5(8)9/h7H,1-4H2,(H,8,9). The van der Waals surface area contributed by atoms with Gasteiger partial charge < -0.3 is 5.11 Å². The van der Waals surface area contributed by atoms with Crippen LogP contribution in [0.4, 0.5) is 0 Å². The van der Waals surface area contributed by atoms with Crippen molar-refractivity contribution >= 4 is 12.7 Å². The lowest BCUT2D eigenvalue weighted by molar-refractivity contribution is -0.145. The number of carbonyl (C=O) groups is 1. The molecule has 0 saturated carbocycles. The molecule has 0 aliphatic rings. The van der Waals surface area contributed by atoms with Gasteiger partial charge in [0.25, 0.3) is 0 Å². The van der Waals surface area contributed by atoms with Crippen molar-refractivity contribution < 1.29 is 14.7 Å². The summed E-state index contributed by atoms with van der Waals surface area (Å²) in [5.74, 6) is -1.00. The number of aliphatic imine (C=N–C) groups is 1. The summed E-state index contributed by atoms with van der Waals surface area (Å²) in [4.78, 5) is 17.8. The Kier molecular flexibility index (Phi) is 5.60. The van der Waals surface area contributed by atoms with E-state index in [1.165, 1.54) is 0 Å². The first-order chi connectivity index (χ1) is 4.77. The van der Waals surface area contributed by atoms with Crippen LogP contribution < -0.4 is 5.48 Å². The minimum Gasteiger partial charge on any atom is -0.479 e. The van der Waals surface area contributed by atoms with E-state index in [4.69, 9.17) is 5.11 Å². The van der Waals surface area contributed by atoms with Gasteiger partial charge in [0, 0.05) is 6.54 Å². The van der Waals surface area contributed by atoms with E-state index in [1.807, 2.05) is 0 Å². The largest absolute Gasteiger partial charge is 0.479 e. The molecule has 2 N–H and O–H groups in total. The quantitative estimate of drug-likeness (QED) is 0.295. The maximum absolute atomic E-state index is 9.83. The number of carboxylic acids is 1. The molecule has 0 aliphatic heterocycles. The first-order valence-corrected chi connectivity index (χ1v) is 2.76. The first kappa shape index (κ1) is 9.06. The van der Waals surface area contributed by atoms with E-state index in [0.717, 1.165) is 0 Å². The molecule has 5 heteroatoms. The third-order valence-corrected chi connectivity index (χ3v) is 0.670. The highest BCUT2D eigenvalue weighted by molar-refractivity contribution is 5.67. The number of nitrogens with one attached hydrogen (secondary N) is 1. The predicted molar refractivity (Wildman–Crippen MR) is 36.0 cm³/mol. The zero-order valence-electron chi connectivity index (χ0n) is 5.54. The van der Waals surface area contributed by atoms with Crippen LogP contribution in [0.5, 0.6) is 0 Å². The molecule has 0 aromatic rings. The second-order valence-corrected chi connectivity index (χ2v) is 1.52. The maximum atomic E-state index is 9.83. The van der Waals surface area contributed by atoms with Crippen molar-refractivity contribution in [1.29, 1.82) is 0 Å². The molecule has 0 spiro atoms. The summed E-state index contributed by atoms with van der Waals surface area (Å²) in [7, 11) is 0. The number of rotatable bonds is 6. The number of carboxylic acid groups (broad SMARTS) is 1. The Hall–Kier alpha value is -0.940. The van der Waals surface area contributed by atoms with E-state index in [0.29, 0.717) is 13.1 Å². The van der Waals surface area contributed by atoms with Gasteiger partial charge in [-0.2, -0.15) is 0 Å². The van der Waals surface area contributed by atoms with E-state index in [9.17, 15) is 4.79 Å². The van der Waals surface area contributed by atoms with Gasteiger partial charge in [0.1, 0.15) is 0 Å². The Morgan fingerprint density at radius 3 is 3.00 bits per heavy atom. The highest BCUT2D eigenvalue weighted by atomic mass is 16.7. The second kappa shape index (κ2) is 6.18. The molecule has 58 valence electrons. The zero-order chi connectivity index (χ0) is 7.82. The molecular formula is C5H10N2O3. The van der Waals surface area contributed by atoms with Crippen molar-refractivity contribution in [3.05, 3.63) is 0 Å². The fourth-order valence-electron chi connectivity index (χ4n) is 0.310. The summed E-state index contributed by atoms with van der Waals surface area (Å²) in [5, 5.41) is 8.07. The Morgan fingerprint density at radius 1 is 1.80 bits per heavy atom. The van der Waals surface area contributed by atoms with Crippen LogP contribution in [0.3, 0.4) is 0 Å². The Balaban J connectivity index is 2.90. The molecule has 0 heterocycles. The summed E-state index contributed by atoms with van der Waals surface area (Å²) in [6, 6.07) is 0. The number of aliphatic carboxylic acids is 1. The van der Waals surface area contributed by atoms with Gasteiger partial charge in [0.05, 0.1) is 6.54 Å². The van der Waals surface area contributed by atoms with Gasteiger partial charge in [-0.25, -0.2) is 10.3 Å². The van der Waals surface area contributed by atoms with Gasteiger partial charge in [-0.15, -0.1) is 0 Å². The van der Waals surface area contributed by atoms with Gasteiger partial charge in [0.15, 0.2) is 6.61 Å². The predicted octanol–water partition coefficient (Wildman–Crippen LogP) is -0.707. The highest BCUT2D eigenvalue weighted by Gasteiger charge is 1.93. The second-order valence-electron chi connectivity index (χ2n) is 1.52. The molecule has 0 fully saturated rings. The smallest absolute Gasteiger partial charge is 0.331 e. The van der Waals surface area contributed by atoms with Gasteiger partial charge in [-0.3, -0.25) is 9.83 Å². The Morgan fingerprint density at radius 2 is 2.50 bits per heavy atom. The summed E-state index contributed by atoms with van der Waals surface area (Å²) < 4.78 is 0. The molecule has 0 rings (SSSR count). The van der Waals surface area contributed by atoms with E-state index in [2.05, 4.69) is 22.0 Å². The Labute approximate surface area is 58.7 Å². The molecule has 0 radical (unpaired) electrons. The summed E-state index contributed by atoms with van der Waals surface area (Å²) >= 11 is 0. The monoisotopic (exact) mass is 146 g/mol. The first-order valence-electron chi connectivity index (χ1n) is 2.76. The number of hydroxylamine groups is 1. The van der Waals surface area contributed by atoms with Crippen LogP contribution in [0.1, 0.15) is 0 Å². The van der Waals surface area contributed by atoms with Crippen molar-refractivity contribution in [2.75, 3.05) is 19.7 Å². The lowest BCUT2D eigenvalue weighted by Crippen LogP contribution is -2.22. The van der Waals surface area contributed by atoms with Crippen molar-refractivity contribution in [2.45, 2.75) is 0 Å². The van der Waals surface area contributed by atoms with Gasteiger partial charge in [-0.05, 0) is 6.72 Å². The minimum atomic E-state index is -1.00. The number of hydrogen-bond donors (Lipinski definition) is 2. The van der Waals surface area contributed by atoms with E-state index in [-0.39, 0.29) is 6.61 Å². The van der Waals surface area contributed by atoms with Crippen LogP contribution in [0.25, 0.3) is 0 Å². The highest BCUT2D eigenvalue weighted by Crippen LogP contribution is 1.68. The SMILES string of the molecule is C=NCCNOCC(=O)O. The molecule has 0 unspecified atom stereocenters. The molecule has 10 heavy (non-hydrogen) atoms. The molecule has 0 aliphatic carbocycles. The molecule has 0 saturated heterocycles. The maximum Gasteiger partial charge on any atom is 0.331 e. The molecule has 0 aromatic carbocycles. The topological polar surface area (TPSA) is 70.9 Å². The average Bonchev–Trinajstić information content (AvgIpc) is 1.87. The molecule has 5 nitrogen and oxygen atoms in total. The van der Waals surface area contributed by atoms with Crippen molar-refractivity contribution in [3.8, 4) is 0 Å². The van der Waals surface area contributed by atoms with Crippen molar-refractivity contribution in [1.82, 2.24) is 5.48 Å². The zero-order valence-corrected chi connectivity index (χ0v) is 5.54. The lowest BCUT2D eigenvalue weighted by atomic mass is 10.7. The average molecular weight is 146 g/mol. The van der Waals surface area contributed by atoms with Gasteiger partial charge in [0.2, 0.25) is 0 Å². The molecule has 0 atom stereocenters. The third-order valence-electron chi connectivity index (χ3n) is 0.670. The van der Waals surface area contributed by atoms with Crippen molar-refractivity contribution in [2.24, 2.45) is 4.99 Å². The molecule has 0 amide bonds. The van der Waals surface area contributed by atoms with Crippen LogP contribution in [0.2, 0.25) is 0 Å². The van der Waals surface area contributed by atoms with Crippen molar-refractivity contribution in [3.63, 3.8) is 0 Å². The molecular weight excluding hydrogens is 136 g/mol. The van der Waals surface area contributed by atoms with Crippen LogP contribution in [-0.2, 0) is 9.63 Å².